The molecule has 3 N–H and O–H groups in total. The third-order valence-electron chi connectivity index (χ3n) is 1.40. The molecule has 1 aliphatic rings. The lowest BCUT2D eigenvalue weighted by atomic mass is 10.2. The molecule has 1 heterocycles. The van der Waals surface area contributed by atoms with Crippen LogP contribution < -0.4 is 5.73 Å². The zero-order valence-corrected chi connectivity index (χ0v) is 6.73. The van der Waals surface area contributed by atoms with E-state index in [1.54, 1.807) is 0 Å². The molecule has 1 rings (SSSR count). The molecule has 0 aromatic rings. The van der Waals surface area contributed by atoms with E-state index in [1.807, 2.05) is 6.92 Å². The largest absolute Gasteiger partial charge is 0.409 e. The first kappa shape index (κ1) is 8.79. The fourth-order valence-corrected chi connectivity index (χ4v) is 0.839. The minimum atomic E-state index is -0.398. The molecule has 0 amide bonds. The van der Waals surface area contributed by atoms with Gasteiger partial charge in [-0.15, -0.1) is 0 Å². The van der Waals surface area contributed by atoms with E-state index in [9.17, 15) is 0 Å². The van der Waals surface area contributed by atoms with E-state index in [0.29, 0.717) is 18.7 Å². The summed E-state index contributed by atoms with van der Waals surface area (Å²) in [4.78, 5) is 4.82. The minimum Gasteiger partial charge on any atom is -0.409 e. The Kier molecular flexibility index (Phi) is 2.87. The SMILES string of the molecule is CCOC1CC(/C(N)=N/O)=NO1. The van der Waals surface area contributed by atoms with Crippen LogP contribution in [0.4, 0.5) is 0 Å². The smallest absolute Gasteiger partial charge is 0.232 e. The standard InChI is InChI=1S/C6H11N3O3/c1-2-11-5-3-4(9-12-5)6(7)8-10/h5,10H,2-3H2,1H3,(H2,7,8). The molecule has 0 bridgehead atoms. The Bertz CT molecular complexity index is 214. The normalized spacial score (nSPS) is 23.6. The van der Waals surface area contributed by atoms with E-state index < -0.39 is 6.29 Å². The van der Waals surface area contributed by atoms with Gasteiger partial charge in [0, 0.05) is 6.61 Å². The van der Waals surface area contributed by atoms with Crippen molar-refractivity contribution in [3.63, 3.8) is 0 Å². The third-order valence-corrected chi connectivity index (χ3v) is 1.40. The molecule has 6 nitrogen and oxygen atoms in total. The van der Waals surface area contributed by atoms with Gasteiger partial charge in [0.1, 0.15) is 5.71 Å². The van der Waals surface area contributed by atoms with Crippen LogP contribution in [0.3, 0.4) is 0 Å². The molecule has 0 fully saturated rings. The molecule has 1 unspecified atom stereocenters. The highest BCUT2D eigenvalue weighted by molar-refractivity contribution is 6.40. The fourth-order valence-electron chi connectivity index (χ4n) is 0.839. The monoisotopic (exact) mass is 173 g/mol. The van der Waals surface area contributed by atoms with Crippen LogP contribution in [0, 0.1) is 0 Å². The van der Waals surface area contributed by atoms with Crippen molar-refractivity contribution in [3.05, 3.63) is 0 Å². The summed E-state index contributed by atoms with van der Waals surface area (Å²) in [7, 11) is 0. The highest BCUT2D eigenvalue weighted by Crippen LogP contribution is 2.11. The summed E-state index contributed by atoms with van der Waals surface area (Å²) < 4.78 is 5.10. The minimum absolute atomic E-state index is 0.0304. The van der Waals surface area contributed by atoms with Gasteiger partial charge in [0.05, 0.1) is 6.42 Å². The molecule has 12 heavy (non-hydrogen) atoms. The van der Waals surface area contributed by atoms with Crippen LogP contribution in [0.2, 0.25) is 0 Å². The Morgan fingerprint density at radius 2 is 2.75 bits per heavy atom. The molecule has 0 saturated carbocycles. The Morgan fingerprint density at radius 1 is 2.00 bits per heavy atom. The van der Waals surface area contributed by atoms with Crippen molar-refractivity contribution in [1.82, 2.24) is 0 Å². The molecular formula is C6H11N3O3. The molecule has 0 spiro atoms. The van der Waals surface area contributed by atoms with Crippen molar-refractivity contribution in [2.45, 2.75) is 19.6 Å². The van der Waals surface area contributed by atoms with Gasteiger partial charge in [0.25, 0.3) is 0 Å². The quantitative estimate of drug-likeness (QED) is 0.269. The average Bonchev–Trinajstić information content (AvgIpc) is 2.52. The topological polar surface area (TPSA) is 89.4 Å². The first-order valence-corrected chi connectivity index (χ1v) is 3.60. The zero-order chi connectivity index (χ0) is 8.97. The molecule has 68 valence electrons. The number of ether oxygens (including phenoxy) is 1. The van der Waals surface area contributed by atoms with Crippen LogP contribution in [0.15, 0.2) is 10.3 Å². The second kappa shape index (κ2) is 3.91. The van der Waals surface area contributed by atoms with Gasteiger partial charge in [-0.2, -0.15) is 0 Å². The van der Waals surface area contributed by atoms with Crippen molar-refractivity contribution in [3.8, 4) is 0 Å². The maximum Gasteiger partial charge on any atom is 0.232 e. The summed E-state index contributed by atoms with van der Waals surface area (Å²) in [5.41, 5.74) is 5.68. The number of oxime groups is 2. The van der Waals surface area contributed by atoms with Crippen LogP contribution in [-0.4, -0.2) is 29.7 Å². The molecule has 1 atom stereocenters. The average molecular weight is 173 g/mol. The molecule has 6 heteroatoms. The van der Waals surface area contributed by atoms with Gasteiger partial charge in [-0.1, -0.05) is 10.3 Å². The molecule has 0 aliphatic carbocycles. The second-order valence-corrected chi connectivity index (χ2v) is 2.22. The van der Waals surface area contributed by atoms with Crippen LogP contribution in [0.5, 0.6) is 0 Å². The first-order chi connectivity index (χ1) is 5.77. The summed E-state index contributed by atoms with van der Waals surface area (Å²) in [6.07, 6.45) is 0.0225. The van der Waals surface area contributed by atoms with Crippen LogP contribution in [0.25, 0.3) is 0 Å². The van der Waals surface area contributed by atoms with Gasteiger partial charge in [0.15, 0.2) is 5.84 Å². The van der Waals surface area contributed by atoms with Gasteiger partial charge in [-0.3, -0.25) is 0 Å². The number of hydrogen-bond acceptors (Lipinski definition) is 5. The van der Waals surface area contributed by atoms with Gasteiger partial charge in [-0.05, 0) is 6.92 Å². The maximum atomic E-state index is 8.30. The van der Waals surface area contributed by atoms with E-state index in [0.717, 1.165) is 0 Å². The fraction of sp³-hybridized carbons (Fsp3) is 0.667. The lowest BCUT2D eigenvalue weighted by Gasteiger charge is -2.05. The molecule has 0 radical (unpaired) electrons. The molecule has 1 aliphatic heterocycles. The summed E-state index contributed by atoms with van der Waals surface area (Å²) in [5.74, 6) is -0.0304. The van der Waals surface area contributed by atoms with Crippen molar-refractivity contribution < 1.29 is 14.8 Å². The Labute approximate surface area is 69.6 Å². The van der Waals surface area contributed by atoms with Crippen molar-refractivity contribution in [1.29, 1.82) is 0 Å². The predicted octanol–water partition coefficient (Wildman–Crippen LogP) is -0.128. The lowest BCUT2D eigenvalue weighted by Crippen LogP contribution is -2.24. The van der Waals surface area contributed by atoms with Crippen molar-refractivity contribution in [2.24, 2.45) is 16.0 Å². The van der Waals surface area contributed by atoms with Crippen molar-refractivity contribution >= 4 is 11.5 Å². The number of nitrogens with zero attached hydrogens (tertiary/aromatic N) is 2. The Hall–Kier alpha value is -1.30. The van der Waals surface area contributed by atoms with Crippen molar-refractivity contribution in [2.75, 3.05) is 6.61 Å². The Morgan fingerprint density at radius 3 is 3.33 bits per heavy atom. The summed E-state index contributed by atoms with van der Waals surface area (Å²) >= 11 is 0. The Balaban J connectivity index is 2.43. The molecule has 0 saturated heterocycles. The number of rotatable bonds is 3. The maximum absolute atomic E-state index is 8.30. The van der Waals surface area contributed by atoms with Crippen LogP contribution in [0.1, 0.15) is 13.3 Å². The van der Waals surface area contributed by atoms with E-state index >= 15 is 0 Å². The number of hydrogen-bond donors (Lipinski definition) is 2. The van der Waals surface area contributed by atoms with Crippen LogP contribution in [-0.2, 0) is 9.57 Å². The van der Waals surface area contributed by atoms with Gasteiger partial charge in [-0.25, -0.2) is 0 Å². The highest BCUT2D eigenvalue weighted by atomic mass is 16.8. The summed E-state index contributed by atoms with van der Waals surface area (Å²) in [5, 5.41) is 14.7. The summed E-state index contributed by atoms with van der Waals surface area (Å²) in [6.45, 7) is 2.40. The van der Waals surface area contributed by atoms with Crippen LogP contribution >= 0.6 is 0 Å². The van der Waals surface area contributed by atoms with E-state index in [-0.39, 0.29) is 5.84 Å². The predicted molar refractivity (Wildman–Crippen MR) is 42.0 cm³/mol. The van der Waals surface area contributed by atoms with E-state index in [2.05, 4.69) is 10.3 Å². The number of nitrogens with two attached hydrogens (primary N) is 1. The van der Waals surface area contributed by atoms with Gasteiger partial charge < -0.3 is 20.5 Å². The molecule has 0 aromatic heterocycles. The third kappa shape index (κ3) is 1.85. The highest BCUT2D eigenvalue weighted by Gasteiger charge is 2.23. The molecule has 0 aromatic carbocycles. The van der Waals surface area contributed by atoms with E-state index in [1.165, 1.54) is 0 Å². The lowest BCUT2D eigenvalue weighted by molar-refractivity contribution is -0.120. The first-order valence-electron chi connectivity index (χ1n) is 3.60. The van der Waals surface area contributed by atoms with Gasteiger partial charge in [0.2, 0.25) is 6.29 Å². The zero-order valence-electron chi connectivity index (χ0n) is 6.73. The second-order valence-electron chi connectivity index (χ2n) is 2.22. The van der Waals surface area contributed by atoms with Gasteiger partial charge >= 0.3 is 0 Å². The summed E-state index contributed by atoms with van der Waals surface area (Å²) in [6, 6.07) is 0. The molecular weight excluding hydrogens is 162 g/mol. The number of amidine groups is 1. The van der Waals surface area contributed by atoms with E-state index in [4.69, 9.17) is 20.5 Å².